The zero-order chi connectivity index (χ0) is 13.5. The van der Waals surface area contributed by atoms with Gasteiger partial charge in [0.05, 0.1) is 13.0 Å². The number of nitrogens with zero attached hydrogens (tertiary/aromatic N) is 1. The zero-order valence-corrected chi connectivity index (χ0v) is 11.5. The second-order valence-corrected chi connectivity index (χ2v) is 4.23. The van der Waals surface area contributed by atoms with E-state index in [-0.39, 0.29) is 18.3 Å². The Balaban J connectivity index is 2.69. The Labute approximate surface area is 112 Å². The number of ether oxygens (including phenoxy) is 1. The van der Waals surface area contributed by atoms with Crippen molar-refractivity contribution < 1.29 is 14.3 Å². The van der Waals surface area contributed by atoms with Gasteiger partial charge in [-0.05, 0) is 26.1 Å². The van der Waals surface area contributed by atoms with Gasteiger partial charge in [0.1, 0.15) is 6.04 Å². The average Bonchev–Trinajstić information content (AvgIpc) is 2.32. The maximum Gasteiger partial charge on any atom is 0.308 e. The summed E-state index contributed by atoms with van der Waals surface area (Å²) in [7, 11) is 0. The summed E-state index contributed by atoms with van der Waals surface area (Å²) in [6, 6.07) is -0.579. The molecule has 1 heterocycles. The molecular formula is C11H19N3O3S. The van der Waals surface area contributed by atoms with Crippen molar-refractivity contribution in [2.24, 2.45) is 0 Å². The van der Waals surface area contributed by atoms with Crippen molar-refractivity contribution in [3.63, 3.8) is 0 Å². The lowest BCUT2D eigenvalue weighted by Crippen LogP contribution is -2.59. The number of piperazine rings is 1. The zero-order valence-electron chi connectivity index (χ0n) is 10.7. The Kier molecular flexibility index (Phi) is 5.84. The summed E-state index contributed by atoms with van der Waals surface area (Å²) in [5.74, 6) is -0.571. The lowest BCUT2D eigenvalue weighted by atomic mass is 10.1. The second kappa shape index (κ2) is 7.15. The average molecular weight is 273 g/mol. The molecule has 0 radical (unpaired) electrons. The van der Waals surface area contributed by atoms with E-state index in [4.69, 9.17) is 17.0 Å². The molecular weight excluding hydrogens is 254 g/mol. The fourth-order valence-electron chi connectivity index (χ4n) is 1.79. The van der Waals surface area contributed by atoms with Gasteiger partial charge in [-0.25, -0.2) is 0 Å². The van der Waals surface area contributed by atoms with Gasteiger partial charge in [0.15, 0.2) is 5.11 Å². The lowest BCUT2D eigenvalue weighted by molar-refractivity contribution is -0.147. The van der Waals surface area contributed by atoms with E-state index < -0.39 is 6.04 Å². The standard InChI is InChI=1S/C11H19N3O3S/c1-3-12-11(18)14-6-5-13-10(16)8(14)7-9(15)17-4-2/h8H,3-7H2,1-2H3,(H,12,18)(H,13,16)/t8-/m0/s1. The van der Waals surface area contributed by atoms with Crippen molar-refractivity contribution in [1.29, 1.82) is 0 Å². The van der Waals surface area contributed by atoms with Crippen LogP contribution in [-0.4, -0.2) is 54.2 Å². The van der Waals surface area contributed by atoms with E-state index in [0.29, 0.717) is 31.4 Å². The fourth-order valence-corrected chi connectivity index (χ4v) is 2.15. The molecule has 1 rings (SSSR count). The van der Waals surface area contributed by atoms with Crippen LogP contribution in [0.5, 0.6) is 0 Å². The third kappa shape index (κ3) is 3.83. The van der Waals surface area contributed by atoms with Crippen LogP contribution in [0.1, 0.15) is 20.3 Å². The highest BCUT2D eigenvalue weighted by Crippen LogP contribution is 2.10. The van der Waals surface area contributed by atoms with E-state index in [9.17, 15) is 9.59 Å². The first-order chi connectivity index (χ1) is 8.60. The Morgan fingerprint density at radius 3 is 2.94 bits per heavy atom. The van der Waals surface area contributed by atoms with Crippen LogP contribution in [-0.2, 0) is 14.3 Å². The third-order valence-corrected chi connectivity index (χ3v) is 2.96. The van der Waals surface area contributed by atoms with Crippen molar-refractivity contribution in [2.45, 2.75) is 26.3 Å². The van der Waals surface area contributed by atoms with Crippen LogP contribution < -0.4 is 10.6 Å². The minimum atomic E-state index is -0.579. The smallest absolute Gasteiger partial charge is 0.308 e. The minimum Gasteiger partial charge on any atom is -0.466 e. The third-order valence-electron chi connectivity index (χ3n) is 2.59. The SMILES string of the molecule is CCNC(=S)N1CCNC(=O)[C@@H]1CC(=O)OCC. The van der Waals surface area contributed by atoms with Gasteiger partial charge in [-0.2, -0.15) is 0 Å². The number of carbonyl (C=O) groups is 2. The second-order valence-electron chi connectivity index (χ2n) is 3.84. The van der Waals surface area contributed by atoms with Gasteiger partial charge in [-0.15, -0.1) is 0 Å². The van der Waals surface area contributed by atoms with E-state index in [1.165, 1.54) is 0 Å². The molecule has 1 aliphatic rings. The van der Waals surface area contributed by atoms with E-state index >= 15 is 0 Å². The molecule has 1 saturated heterocycles. The first-order valence-electron chi connectivity index (χ1n) is 6.08. The van der Waals surface area contributed by atoms with Crippen molar-refractivity contribution in [3.05, 3.63) is 0 Å². The first kappa shape index (κ1) is 14.7. The molecule has 0 spiro atoms. The molecule has 0 aliphatic carbocycles. The highest BCUT2D eigenvalue weighted by molar-refractivity contribution is 7.80. The van der Waals surface area contributed by atoms with Crippen molar-refractivity contribution in [2.75, 3.05) is 26.2 Å². The number of carbonyl (C=O) groups excluding carboxylic acids is 2. The first-order valence-corrected chi connectivity index (χ1v) is 6.48. The summed E-state index contributed by atoms with van der Waals surface area (Å²) >= 11 is 5.20. The van der Waals surface area contributed by atoms with Gasteiger partial charge in [0, 0.05) is 19.6 Å². The number of thiocarbonyl (C=S) groups is 1. The van der Waals surface area contributed by atoms with Crippen LogP contribution in [0.25, 0.3) is 0 Å². The molecule has 7 heteroatoms. The van der Waals surface area contributed by atoms with Gasteiger partial charge < -0.3 is 20.3 Å². The molecule has 0 aromatic heterocycles. The fraction of sp³-hybridized carbons (Fsp3) is 0.727. The quantitative estimate of drug-likeness (QED) is 0.538. The molecule has 18 heavy (non-hydrogen) atoms. The van der Waals surface area contributed by atoms with E-state index in [2.05, 4.69) is 10.6 Å². The summed E-state index contributed by atoms with van der Waals surface area (Å²) in [6.07, 6.45) is 0.0191. The van der Waals surface area contributed by atoms with Crippen LogP contribution in [0, 0.1) is 0 Å². The summed E-state index contributed by atoms with van der Waals surface area (Å²) < 4.78 is 4.87. The number of hydrogen-bond donors (Lipinski definition) is 2. The van der Waals surface area contributed by atoms with Crippen LogP contribution in [0.3, 0.4) is 0 Å². The maximum absolute atomic E-state index is 11.8. The molecule has 1 amide bonds. The summed E-state index contributed by atoms with van der Waals surface area (Å²) in [5.41, 5.74) is 0. The van der Waals surface area contributed by atoms with Crippen molar-refractivity contribution >= 4 is 29.2 Å². The largest absolute Gasteiger partial charge is 0.466 e. The van der Waals surface area contributed by atoms with Crippen LogP contribution in [0.4, 0.5) is 0 Å². The highest BCUT2D eigenvalue weighted by Gasteiger charge is 2.33. The normalized spacial score (nSPS) is 19.1. The maximum atomic E-state index is 11.8. The van der Waals surface area contributed by atoms with Crippen molar-refractivity contribution in [1.82, 2.24) is 15.5 Å². The molecule has 6 nitrogen and oxygen atoms in total. The molecule has 1 aliphatic heterocycles. The van der Waals surface area contributed by atoms with E-state index in [1.54, 1.807) is 11.8 Å². The molecule has 0 aromatic carbocycles. The molecule has 102 valence electrons. The van der Waals surface area contributed by atoms with Gasteiger partial charge in [-0.1, -0.05) is 0 Å². The number of esters is 1. The topological polar surface area (TPSA) is 70.7 Å². The van der Waals surface area contributed by atoms with Crippen LogP contribution in [0.15, 0.2) is 0 Å². The Bertz CT molecular complexity index is 335. The predicted molar refractivity (Wildman–Crippen MR) is 71.0 cm³/mol. The van der Waals surface area contributed by atoms with Gasteiger partial charge in [-0.3, -0.25) is 9.59 Å². The Morgan fingerprint density at radius 2 is 2.33 bits per heavy atom. The predicted octanol–water partition coefficient (Wildman–Crippen LogP) is -0.366. The summed E-state index contributed by atoms with van der Waals surface area (Å²) in [5, 5.41) is 6.23. The molecule has 1 atom stereocenters. The number of hydrogen-bond acceptors (Lipinski definition) is 4. The molecule has 0 aromatic rings. The van der Waals surface area contributed by atoms with Crippen LogP contribution in [0.2, 0.25) is 0 Å². The Morgan fingerprint density at radius 1 is 1.61 bits per heavy atom. The number of amides is 1. The molecule has 0 unspecified atom stereocenters. The van der Waals surface area contributed by atoms with Gasteiger partial charge >= 0.3 is 5.97 Å². The van der Waals surface area contributed by atoms with E-state index in [0.717, 1.165) is 0 Å². The molecule has 2 N–H and O–H groups in total. The van der Waals surface area contributed by atoms with Crippen LogP contribution >= 0.6 is 12.2 Å². The molecule has 1 fully saturated rings. The van der Waals surface area contributed by atoms with Gasteiger partial charge in [0.2, 0.25) is 5.91 Å². The summed E-state index contributed by atoms with van der Waals surface area (Å²) in [6.45, 7) is 5.79. The van der Waals surface area contributed by atoms with Crippen molar-refractivity contribution in [3.8, 4) is 0 Å². The Hall–Kier alpha value is -1.37. The number of rotatable bonds is 4. The monoisotopic (exact) mass is 273 g/mol. The molecule has 0 bridgehead atoms. The lowest BCUT2D eigenvalue weighted by Gasteiger charge is -2.36. The van der Waals surface area contributed by atoms with E-state index in [1.807, 2.05) is 6.92 Å². The highest BCUT2D eigenvalue weighted by atomic mass is 32.1. The minimum absolute atomic E-state index is 0.0191. The van der Waals surface area contributed by atoms with Gasteiger partial charge in [0.25, 0.3) is 0 Å². The summed E-state index contributed by atoms with van der Waals surface area (Å²) in [4.78, 5) is 25.0. The molecule has 0 saturated carbocycles. The number of nitrogens with one attached hydrogen (secondary N) is 2.